The van der Waals surface area contributed by atoms with E-state index in [0.29, 0.717) is 5.69 Å². The number of aliphatic hydroxyl groups is 1. The lowest BCUT2D eigenvalue weighted by Crippen LogP contribution is -2.24. The minimum absolute atomic E-state index is 0.0466. The van der Waals surface area contributed by atoms with Gasteiger partial charge in [0, 0.05) is 13.5 Å². The van der Waals surface area contributed by atoms with Crippen LogP contribution in [0.1, 0.15) is 19.5 Å². The number of nitrogens with zero attached hydrogens (tertiary/aromatic N) is 3. The molecular formula is C8H13N3O3. The highest BCUT2D eigenvalue weighted by atomic mass is 16.6. The Hall–Kier alpha value is -1.43. The van der Waals surface area contributed by atoms with Crippen LogP contribution in [0.25, 0.3) is 0 Å². The summed E-state index contributed by atoms with van der Waals surface area (Å²) in [6, 6.07) is 0. The molecule has 0 unspecified atom stereocenters. The number of aromatic nitrogens is 2. The van der Waals surface area contributed by atoms with Gasteiger partial charge in [-0.2, -0.15) is 5.10 Å². The van der Waals surface area contributed by atoms with Crippen molar-refractivity contribution in [3.63, 3.8) is 0 Å². The Balaban J connectivity index is 3.06. The van der Waals surface area contributed by atoms with Crippen molar-refractivity contribution in [2.75, 3.05) is 0 Å². The van der Waals surface area contributed by atoms with E-state index in [0.717, 1.165) is 0 Å². The summed E-state index contributed by atoms with van der Waals surface area (Å²) in [6.07, 6.45) is 1.40. The first-order valence-electron chi connectivity index (χ1n) is 4.19. The maximum Gasteiger partial charge on any atom is 0.310 e. The van der Waals surface area contributed by atoms with Crippen LogP contribution in [0, 0.1) is 10.1 Å². The van der Waals surface area contributed by atoms with Crippen LogP contribution in [-0.4, -0.2) is 25.4 Å². The fourth-order valence-corrected chi connectivity index (χ4v) is 1.22. The van der Waals surface area contributed by atoms with Gasteiger partial charge in [0.25, 0.3) is 0 Å². The van der Waals surface area contributed by atoms with Gasteiger partial charge in [0.05, 0.1) is 10.5 Å². The molecule has 0 saturated carbocycles. The second-order valence-corrected chi connectivity index (χ2v) is 3.85. The monoisotopic (exact) mass is 199 g/mol. The molecule has 1 aromatic rings. The number of nitro groups is 1. The molecule has 0 aliphatic rings. The maximum atomic E-state index is 10.6. The summed E-state index contributed by atoms with van der Waals surface area (Å²) in [5.41, 5.74) is -0.587. The second kappa shape index (κ2) is 3.38. The molecule has 78 valence electrons. The molecule has 0 aliphatic heterocycles. The quantitative estimate of drug-likeness (QED) is 0.572. The molecule has 14 heavy (non-hydrogen) atoms. The van der Waals surface area contributed by atoms with Gasteiger partial charge in [-0.3, -0.25) is 14.8 Å². The van der Waals surface area contributed by atoms with E-state index >= 15 is 0 Å². The minimum atomic E-state index is -0.974. The van der Waals surface area contributed by atoms with E-state index in [1.54, 1.807) is 20.9 Å². The fraction of sp³-hybridized carbons (Fsp3) is 0.625. The summed E-state index contributed by atoms with van der Waals surface area (Å²) in [6.45, 7) is 3.20. The van der Waals surface area contributed by atoms with Crippen LogP contribution in [0.4, 0.5) is 5.69 Å². The SMILES string of the molecule is Cn1ncc([N+](=O)[O-])c1CC(C)(C)O. The van der Waals surface area contributed by atoms with Crippen LogP contribution in [0.15, 0.2) is 6.20 Å². The number of rotatable bonds is 3. The van der Waals surface area contributed by atoms with Crippen molar-refractivity contribution in [3.05, 3.63) is 22.0 Å². The Morgan fingerprint density at radius 1 is 1.71 bits per heavy atom. The van der Waals surface area contributed by atoms with Crippen molar-refractivity contribution in [3.8, 4) is 0 Å². The molecule has 0 saturated heterocycles. The minimum Gasteiger partial charge on any atom is -0.390 e. The van der Waals surface area contributed by atoms with Gasteiger partial charge < -0.3 is 5.11 Å². The average Bonchev–Trinajstić information content (AvgIpc) is 2.29. The van der Waals surface area contributed by atoms with Crippen LogP contribution in [0.2, 0.25) is 0 Å². The van der Waals surface area contributed by atoms with Gasteiger partial charge in [-0.1, -0.05) is 0 Å². The summed E-state index contributed by atoms with van der Waals surface area (Å²) >= 11 is 0. The van der Waals surface area contributed by atoms with Crippen LogP contribution in [-0.2, 0) is 13.5 Å². The van der Waals surface area contributed by atoms with Crippen LogP contribution in [0.5, 0.6) is 0 Å². The molecule has 0 amide bonds. The fourth-order valence-electron chi connectivity index (χ4n) is 1.22. The third-order valence-electron chi connectivity index (χ3n) is 1.84. The predicted molar refractivity (Wildman–Crippen MR) is 49.9 cm³/mol. The molecular weight excluding hydrogens is 186 g/mol. The Labute approximate surface area is 81.3 Å². The molecule has 0 bridgehead atoms. The van der Waals surface area contributed by atoms with Crippen molar-refractivity contribution in [1.29, 1.82) is 0 Å². The predicted octanol–water partition coefficient (Wildman–Crippen LogP) is 0.642. The van der Waals surface area contributed by atoms with Gasteiger partial charge in [-0.15, -0.1) is 0 Å². The maximum absolute atomic E-state index is 10.6. The molecule has 1 rings (SSSR count). The summed E-state index contributed by atoms with van der Waals surface area (Å²) in [5, 5.41) is 23.9. The van der Waals surface area contributed by atoms with Crippen molar-refractivity contribution in [2.24, 2.45) is 7.05 Å². The highest BCUT2D eigenvalue weighted by Gasteiger charge is 2.24. The van der Waals surface area contributed by atoms with Gasteiger partial charge in [0.15, 0.2) is 0 Å². The largest absolute Gasteiger partial charge is 0.390 e. The zero-order valence-electron chi connectivity index (χ0n) is 8.39. The number of hydrogen-bond donors (Lipinski definition) is 1. The van der Waals surface area contributed by atoms with Crippen LogP contribution in [0.3, 0.4) is 0 Å². The third kappa shape index (κ3) is 2.29. The molecule has 6 nitrogen and oxygen atoms in total. The molecule has 0 fully saturated rings. The van der Waals surface area contributed by atoms with Crippen LogP contribution >= 0.6 is 0 Å². The smallest absolute Gasteiger partial charge is 0.310 e. The van der Waals surface area contributed by atoms with Gasteiger partial charge in [-0.05, 0) is 13.8 Å². The molecule has 1 N–H and O–H groups in total. The molecule has 0 aromatic carbocycles. The van der Waals surface area contributed by atoms with E-state index in [9.17, 15) is 15.2 Å². The molecule has 1 aromatic heterocycles. The lowest BCUT2D eigenvalue weighted by Gasteiger charge is -2.16. The van der Waals surface area contributed by atoms with Crippen LogP contribution < -0.4 is 0 Å². The molecule has 0 aliphatic carbocycles. The third-order valence-corrected chi connectivity index (χ3v) is 1.84. The molecule has 0 radical (unpaired) electrons. The highest BCUT2D eigenvalue weighted by molar-refractivity contribution is 5.33. The van der Waals surface area contributed by atoms with E-state index in [4.69, 9.17) is 0 Å². The van der Waals surface area contributed by atoms with Crippen molar-refractivity contribution < 1.29 is 10.0 Å². The first-order valence-corrected chi connectivity index (χ1v) is 4.19. The average molecular weight is 199 g/mol. The summed E-state index contributed by atoms with van der Waals surface area (Å²) in [7, 11) is 1.62. The summed E-state index contributed by atoms with van der Waals surface area (Å²) < 4.78 is 1.41. The lowest BCUT2D eigenvalue weighted by molar-refractivity contribution is -0.385. The Morgan fingerprint density at radius 3 is 2.71 bits per heavy atom. The first kappa shape index (κ1) is 10.6. The van der Waals surface area contributed by atoms with E-state index in [1.807, 2.05) is 0 Å². The standard InChI is InChI=1S/C8H13N3O3/c1-8(2,12)4-6-7(11(13)14)5-9-10(6)3/h5,12H,4H2,1-3H3. The van der Waals surface area contributed by atoms with Crippen molar-refractivity contribution in [1.82, 2.24) is 9.78 Å². The molecule has 0 spiro atoms. The number of aryl methyl sites for hydroxylation is 1. The van der Waals surface area contributed by atoms with Gasteiger partial charge in [0.1, 0.15) is 11.9 Å². The van der Waals surface area contributed by atoms with Gasteiger partial charge in [0.2, 0.25) is 0 Å². The van der Waals surface area contributed by atoms with E-state index in [1.165, 1.54) is 10.9 Å². The summed E-state index contributed by atoms with van der Waals surface area (Å²) in [5.74, 6) is 0. The van der Waals surface area contributed by atoms with Gasteiger partial charge in [-0.25, -0.2) is 0 Å². The van der Waals surface area contributed by atoms with E-state index < -0.39 is 10.5 Å². The van der Waals surface area contributed by atoms with Crippen molar-refractivity contribution >= 4 is 5.69 Å². The second-order valence-electron chi connectivity index (χ2n) is 3.85. The highest BCUT2D eigenvalue weighted by Crippen LogP contribution is 2.21. The molecule has 1 heterocycles. The molecule has 6 heteroatoms. The van der Waals surface area contributed by atoms with E-state index in [2.05, 4.69) is 5.10 Å². The topological polar surface area (TPSA) is 81.2 Å². The lowest BCUT2D eigenvalue weighted by atomic mass is 10.0. The Bertz CT molecular complexity index is 351. The zero-order chi connectivity index (χ0) is 10.9. The van der Waals surface area contributed by atoms with E-state index in [-0.39, 0.29) is 12.1 Å². The Kier molecular flexibility index (Phi) is 2.57. The van der Waals surface area contributed by atoms with Crippen molar-refractivity contribution in [2.45, 2.75) is 25.9 Å². The normalized spacial score (nSPS) is 11.7. The Morgan fingerprint density at radius 2 is 2.29 bits per heavy atom. The molecule has 0 atom stereocenters. The zero-order valence-corrected chi connectivity index (χ0v) is 8.39. The number of hydrogen-bond acceptors (Lipinski definition) is 4. The van der Waals surface area contributed by atoms with Gasteiger partial charge >= 0.3 is 5.69 Å². The first-order chi connectivity index (χ1) is 6.31. The summed E-state index contributed by atoms with van der Waals surface area (Å²) in [4.78, 5) is 10.1.